The maximum atomic E-state index is 13.4. The first-order chi connectivity index (χ1) is 17.9. The lowest BCUT2D eigenvalue weighted by atomic mass is 9.84. The number of hydrogen-bond acceptors (Lipinski definition) is 5. The Labute approximate surface area is 229 Å². The molecule has 1 aromatic heterocycles. The molecule has 1 aliphatic rings. The molecule has 0 spiro atoms. The van der Waals surface area contributed by atoms with E-state index < -0.39 is 46.1 Å². The number of benzene rings is 1. The van der Waals surface area contributed by atoms with E-state index >= 15 is 0 Å². The van der Waals surface area contributed by atoms with Crippen LogP contribution in [0.3, 0.4) is 0 Å². The second kappa shape index (κ2) is 11.6. The van der Waals surface area contributed by atoms with E-state index in [2.05, 4.69) is 15.2 Å². The largest absolute Gasteiger partial charge is 0.434 e. The molecule has 1 fully saturated rings. The third-order valence-corrected chi connectivity index (χ3v) is 9.13. The van der Waals surface area contributed by atoms with Gasteiger partial charge in [0.1, 0.15) is 15.6 Å². The van der Waals surface area contributed by atoms with Gasteiger partial charge in [-0.15, -0.1) is 0 Å². The minimum Gasteiger partial charge on any atom is -0.434 e. The highest BCUT2D eigenvalue weighted by Gasteiger charge is 2.47. The molecule has 39 heavy (non-hydrogen) atoms. The molecule has 0 bridgehead atoms. The van der Waals surface area contributed by atoms with E-state index in [1.165, 1.54) is 30.1 Å². The predicted molar refractivity (Wildman–Crippen MR) is 137 cm³/mol. The zero-order valence-corrected chi connectivity index (χ0v) is 23.5. The van der Waals surface area contributed by atoms with E-state index in [0.29, 0.717) is 25.7 Å². The lowest BCUT2D eigenvalue weighted by Gasteiger charge is -2.28. The van der Waals surface area contributed by atoms with Gasteiger partial charge in [0.05, 0.1) is 21.4 Å². The smallest absolute Gasteiger partial charge is 0.394 e. The van der Waals surface area contributed by atoms with Gasteiger partial charge in [-0.3, -0.25) is 9.48 Å². The molecular weight excluding hydrogens is 569 g/mol. The summed E-state index contributed by atoms with van der Waals surface area (Å²) < 4.78 is 95.8. The fourth-order valence-electron chi connectivity index (χ4n) is 4.70. The summed E-state index contributed by atoms with van der Waals surface area (Å²) in [5, 5.41) is 6.35. The standard InChI is InChI=1S/C25H31ClF5N3O4S/c1-24(2,25(29,30)31)12-15-7-10-17(18(11-15)38-23(27)28)21-19(26)20(33-34(21)3)22(35)32-13-14-5-8-16(9-6-14)39(4,36)37/h7,10-11,14,16,23H,5-6,8-9,12-13H2,1-4H3,(H,32,35)/t14-,16-. The van der Waals surface area contributed by atoms with Crippen LogP contribution in [-0.2, 0) is 23.3 Å². The number of nitrogens with one attached hydrogen (secondary N) is 1. The molecule has 0 unspecified atom stereocenters. The van der Waals surface area contributed by atoms with Gasteiger partial charge < -0.3 is 10.1 Å². The molecule has 14 heteroatoms. The molecule has 1 saturated carbocycles. The Bertz CT molecular complexity index is 1300. The zero-order valence-electron chi connectivity index (χ0n) is 21.9. The van der Waals surface area contributed by atoms with Crippen LogP contribution in [0.25, 0.3) is 11.3 Å². The number of aryl methyl sites for hydroxylation is 1. The number of ether oxygens (including phenoxy) is 1. The van der Waals surface area contributed by atoms with Crippen molar-refractivity contribution in [3.63, 3.8) is 0 Å². The van der Waals surface area contributed by atoms with Crippen LogP contribution in [0, 0.1) is 11.3 Å². The summed E-state index contributed by atoms with van der Waals surface area (Å²) in [6, 6.07) is 3.77. The second-order valence-electron chi connectivity index (χ2n) is 10.6. The van der Waals surface area contributed by atoms with Crippen LogP contribution >= 0.6 is 11.6 Å². The van der Waals surface area contributed by atoms with E-state index in [1.807, 2.05) is 0 Å². The summed E-state index contributed by atoms with van der Waals surface area (Å²) in [4.78, 5) is 12.9. The van der Waals surface area contributed by atoms with Crippen molar-refractivity contribution in [1.29, 1.82) is 0 Å². The topological polar surface area (TPSA) is 90.3 Å². The van der Waals surface area contributed by atoms with Gasteiger partial charge in [0.2, 0.25) is 0 Å². The van der Waals surface area contributed by atoms with Gasteiger partial charge in [0.15, 0.2) is 5.69 Å². The van der Waals surface area contributed by atoms with Gasteiger partial charge >= 0.3 is 12.8 Å². The number of halogens is 6. The Kier molecular flexibility index (Phi) is 9.26. The van der Waals surface area contributed by atoms with E-state index in [1.54, 1.807) is 0 Å². The van der Waals surface area contributed by atoms with Crippen LogP contribution in [0.1, 0.15) is 55.6 Å². The highest BCUT2D eigenvalue weighted by Crippen LogP contribution is 2.43. The SMILES string of the molecule is Cn1nc(C(=O)NC[C@H]2CC[C@H](S(C)(=O)=O)CC2)c(Cl)c1-c1ccc(CC(C)(C)C(F)(F)F)cc1OC(F)F. The number of sulfone groups is 1. The molecule has 1 aliphatic carbocycles. The molecule has 0 radical (unpaired) electrons. The summed E-state index contributed by atoms with van der Waals surface area (Å²) in [7, 11) is -1.67. The van der Waals surface area contributed by atoms with Crippen LogP contribution in [0.2, 0.25) is 5.02 Å². The molecule has 7 nitrogen and oxygen atoms in total. The summed E-state index contributed by atoms with van der Waals surface area (Å²) in [5.41, 5.74) is -2.05. The molecule has 0 saturated heterocycles. The lowest BCUT2D eigenvalue weighted by molar-refractivity contribution is -0.211. The summed E-state index contributed by atoms with van der Waals surface area (Å²) >= 11 is 6.46. The van der Waals surface area contributed by atoms with E-state index in [4.69, 9.17) is 11.6 Å². The van der Waals surface area contributed by atoms with Crippen molar-refractivity contribution in [2.24, 2.45) is 18.4 Å². The third kappa shape index (κ3) is 7.41. The van der Waals surface area contributed by atoms with Crippen molar-refractivity contribution in [3.05, 3.63) is 34.5 Å². The van der Waals surface area contributed by atoms with E-state index in [0.717, 1.165) is 19.9 Å². The van der Waals surface area contributed by atoms with Crippen molar-refractivity contribution < 1.29 is 39.9 Å². The number of aromatic nitrogens is 2. The van der Waals surface area contributed by atoms with Crippen LogP contribution in [0.4, 0.5) is 22.0 Å². The van der Waals surface area contributed by atoms with Gasteiger partial charge in [-0.05, 0) is 55.7 Å². The lowest BCUT2D eigenvalue weighted by Crippen LogP contribution is -2.34. The summed E-state index contributed by atoms with van der Waals surface area (Å²) in [6.07, 6.45) is -1.50. The minimum absolute atomic E-state index is 0.0296. The molecule has 0 aliphatic heterocycles. The number of alkyl halides is 5. The Morgan fingerprint density at radius 1 is 1.21 bits per heavy atom. The molecule has 1 heterocycles. The van der Waals surface area contributed by atoms with Crippen LogP contribution in [-0.4, -0.2) is 54.9 Å². The molecule has 1 amide bonds. The zero-order chi connectivity index (χ0) is 29.3. The Hall–Kier alpha value is -2.41. The molecule has 2 aromatic rings. The van der Waals surface area contributed by atoms with Crippen LogP contribution < -0.4 is 10.1 Å². The van der Waals surface area contributed by atoms with Crippen molar-refractivity contribution in [2.75, 3.05) is 12.8 Å². The maximum absolute atomic E-state index is 13.4. The first-order valence-corrected chi connectivity index (χ1v) is 14.6. The molecule has 218 valence electrons. The normalized spacial score (nSPS) is 18.8. The van der Waals surface area contributed by atoms with Crippen molar-refractivity contribution in [3.8, 4) is 17.0 Å². The van der Waals surface area contributed by atoms with Gasteiger partial charge in [0, 0.05) is 25.4 Å². The first kappa shape index (κ1) is 31.1. The van der Waals surface area contributed by atoms with Gasteiger partial charge in [-0.1, -0.05) is 31.5 Å². The number of amides is 1. The third-order valence-electron chi connectivity index (χ3n) is 7.09. The quantitative estimate of drug-likeness (QED) is 0.368. The second-order valence-corrected chi connectivity index (χ2v) is 13.3. The summed E-state index contributed by atoms with van der Waals surface area (Å²) in [5.74, 6) is -0.930. The Morgan fingerprint density at radius 2 is 1.82 bits per heavy atom. The number of carbonyl (C=O) groups is 1. The fraction of sp³-hybridized carbons (Fsp3) is 0.600. The molecule has 1 N–H and O–H groups in total. The monoisotopic (exact) mass is 599 g/mol. The van der Waals surface area contributed by atoms with Gasteiger partial charge in [0.25, 0.3) is 5.91 Å². The highest BCUT2D eigenvalue weighted by molar-refractivity contribution is 7.91. The summed E-state index contributed by atoms with van der Waals surface area (Å²) in [6.45, 7) is -0.966. The minimum atomic E-state index is -4.52. The molecule has 0 atom stereocenters. The molecule has 1 aromatic carbocycles. The number of rotatable bonds is 9. The maximum Gasteiger partial charge on any atom is 0.394 e. The fourth-order valence-corrected chi connectivity index (χ4v) is 6.17. The van der Waals surface area contributed by atoms with Gasteiger partial charge in [-0.2, -0.15) is 27.1 Å². The molecular formula is C25H31ClF5N3O4S. The van der Waals surface area contributed by atoms with Crippen molar-refractivity contribution in [2.45, 2.75) is 64.0 Å². The van der Waals surface area contributed by atoms with E-state index in [-0.39, 0.29) is 45.2 Å². The highest BCUT2D eigenvalue weighted by atomic mass is 35.5. The van der Waals surface area contributed by atoms with Crippen LogP contribution in [0.5, 0.6) is 5.75 Å². The van der Waals surface area contributed by atoms with Crippen molar-refractivity contribution in [1.82, 2.24) is 15.1 Å². The first-order valence-electron chi connectivity index (χ1n) is 12.2. The van der Waals surface area contributed by atoms with Crippen LogP contribution in [0.15, 0.2) is 18.2 Å². The van der Waals surface area contributed by atoms with Crippen molar-refractivity contribution >= 4 is 27.3 Å². The average molecular weight is 600 g/mol. The van der Waals surface area contributed by atoms with Gasteiger partial charge in [-0.25, -0.2) is 8.42 Å². The average Bonchev–Trinajstić information content (AvgIpc) is 3.10. The molecule has 3 rings (SSSR count). The Balaban J connectivity index is 1.82. The number of hydrogen-bond donors (Lipinski definition) is 1. The number of carbonyl (C=O) groups excluding carboxylic acids is 1. The van der Waals surface area contributed by atoms with E-state index in [9.17, 15) is 35.2 Å². The Morgan fingerprint density at radius 3 is 2.36 bits per heavy atom. The number of nitrogens with zero attached hydrogens (tertiary/aromatic N) is 2. The predicted octanol–water partition coefficient (Wildman–Crippen LogP) is 5.81.